The van der Waals surface area contributed by atoms with Gasteiger partial charge in [-0.2, -0.15) is 0 Å². The highest BCUT2D eigenvalue weighted by Gasteiger charge is 2.19. The molecule has 0 aliphatic rings. The van der Waals surface area contributed by atoms with Gasteiger partial charge in [0.2, 0.25) is 0 Å². The third kappa shape index (κ3) is 73.2. The molecule has 126 heavy (non-hydrogen) atoms. The number of carbonyl (C=O) groups excluding carboxylic acids is 16. The predicted molar refractivity (Wildman–Crippen MR) is 415 cm³/mol. The molecule has 690 valence electrons. The van der Waals surface area contributed by atoms with E-state index >= 15 is 0 Å². The molecule has 0 amide bonds. The largest absolute Gasteiger partial charge is 0.481 e. The number of unbranched alkanes of at least 4 members (excludes halogenated alkanes) is 5. The van der Waals surface area contributed by atoms with Crippen LogP contribution in [0, 0.1) is 0 Å². The zero-order valence-electron chi connectivity index (χ0n) is 68.2. The van der Waals surface area contributed by atoms with Crippen molar-refractivity contribution in [3.63, 3.8) is 0 Å². The van der Waals surface area contributed by atoms with Crippen molar-refractivity contribution in [3.05, 3.63) is 144 Å². The molecule has 4 aromatic rings. The monoisotopic (exact) mass is 1790 g/mol. The van der Waals surface area contributed by atoms with Gasteiger partial charge in [0, 0.05) is 64.2 Å². The van der Waals surface area contributed by atoms with E-state index in [4.69, 9.17) is 78.0 Å². The fourth-order valence-electron chi connectivity index (χ4n) is 8.25. The maximum Gasteiger partial charge on any atom is 0.344 e. The Morgan fingerprint density at radius 1 is 0.151 bits per heavy atom. The molecule has 4 aromatic carbocycles. The lowest BCUT2D eigenvalue weighted by atomic mass is 10.2. The number of hydrogen-bond donors (Lipinski definition) is 6. The second-order valence-corrected chi connectivity index (χ2v) is 24.9. The van der Waals surface area contributed by atoms with E-state index in [9.17, 15) is 105 Å². The molecule has 44 nitrogen and oxygen atoms in total. The van der Waals surface area contributed by atoms with Gasteiger partial charge in [-0.05, 0) is 86.5 Å². The van der Waals surface area contributed by atoms with E-state index in [1.54, 1.807) is 48.5 Å². The summed E-state index contributed by atoms with van der Waals surface area (Å²) in [4.78, 5) is 243. The van der Waals surface area contributed by atoms with Crippen molar-refractivity contribution in [3.8, 4) is 0 Å². The Kier molecular flexibility index (Phi) is 63.5. The minimum absolute atomic E-state index is 0.000505. The van der Waals surface area contributed by atoms with E-state index in [2.05, 4.69) is 28.4 Å². The summed E-state index contributed by atoms with van der Waals surface area (Å²) in [5.41, 5.74) is 3.23. The lowest BCUT2D eigenvalue weighted by molar-refractivity contribution is -0.165. The third-order valence-corrected chi connectivity index (χ3v) is 14.3. The molecular weight excluding hydrogens is 1690 g/mol. The summed E-state index contributed by atoms with van der Waals surface area (Å²) >= 11 is 0. The highest BCUT2D eigenvalue weighted by Crippen LogP contribution is 2.11. The van der Waals surface area contributed by atoms with Crippen molar-refractivity contribution in [1.82, 2.24) is 0 Å². The summed E-state index contributed by atoms with van der Waals surface area (Å²) in [6.45, 7) is -7.65. The number of ether oxygens (including phenoxy) is 16. The van der Waals surface area contributed by atoms with Crippen LogP contribution < -0.4 is 0 Å². The molecule has 4 rings (SSSR count). The fourth-order valence-corrected chi connectivity index (χ4v) is 8.25. The molecule has 0 aliphatic carbocycles. The zero-order valence-corrected chi connectivity index (χ0v) is 68.2. The molecule has 0 radical (unpaired) electrons. The number of esters is 16. The van der Waals surface area contributed by atoms with Crippen LogP contribution in [0.1, 0.15) is 151 Å². The number of carboxylic acid groups (broad SMARTS) is 6. The van der Waals surface area contributed by atoms with Gasteiger partial charge in [-0.15, -0.1) is 0 Å². The minimum Gasteiger partial charge on any atom is -0.481 e. The zero-order chi connectivity index (χ0) is 93.9. The van der Waals surface area contributed by atoms with Gasteiger partial charge in [-0.25, -0.2) is 57.5 Å². The molecule has 0 saturated heterocycles. The summed E-state index contributed by atoms with van der Waals surface area (Å²) in [5.74, 6) is -18.8. The van der Waals surface area contributed by atoms with E-state index in [1.807, 2.05) is 72.8 Å². The van der Waals surface area contributed by atoms with Crippen LogP contribution in [0.2, 0.25) is 0 Å². The van der Waals surface area contributed by atoms with Gasteiger partial charge in [0.1, 0.15) is 26.4 Å². The lowest BCUT2D eigenvalue weighted by Crippen LogP contribution is -2.21. The van der Waals surface area contributed by atoms with Crippen molar-refractivity contribution in [2.45, 2.75) is 155 Å². The molecule has 44 heteroatoms. The van der Waals surface area contributed by atoms with Gasteiger partial charge >= 0.3 is 131 Å². The number of benzene rings is 4. The van der Waals surface area contributed by atoms with E-state index in [0.717, 1.165) is 22.3 Å². The number of hydrogen-bond acceptors (Lipinski definition) is 38. The van der Waals surface area contributed by atoms with Crippen LogP contribution in [0.4, 0.5) is 0 Å². The summed E-state index contributed by atoms with van der Waals surface area (Å²) < 4.78 is 74.8. The van der Waals surface area contributed by atoms with Crippen molar-refractivity contribution >= 4 is 131 Å². The van der Waals surface area contributed by atoms with Crippen LogP contribution in [0.15, 0.2) is 121 Å². The predicted octanol–water partition coefficient (Wildman–Crippen LogP) is 4.73. The van der Waals surface area contributed by atoms with Crippen molar-refractivity contribution in [2.75, 3.05) is 79.3 Å². The summed E-state index contributed by atoms with van der Waals surface area (Å²) in [7, 11) is 0. The Morgan fingerprint density at radius 2 is 0.278 bits per heavy atom. The molecule has 0 aliphatic heterocycles. The van der Waals surface area contributed by atoms with Crippen molar-refractivity contribution < 1.29 is 212 Å². The standard InChI is InChI=1S/C28H30O12.C24H26O8.C14H18O12.C10H14O8.C6H10O4/c29-23(37-17-27(33)39-19-25(31)35-15-21-9-3-1-4-10-21)13-7-8-14-24(30)38-18-28(34)40-20-26(32)36-16-22-11-5-2-6-12-22;25-21(31-17-23(27)29-15-19-9-3-1-4-10-19)13-7-8-14-22(26)32-18-24(28)30-16-20-11-5-2-6-12-20;15-9(16)5-23-13(21)7-25-11(19)3-1-2-4-12(20)26-8-14(22)24-6-10(17)18;11-7(12)5-17-9(15)3-1-2-4-10(16)18-6-8(13)14;7-5(8)3-1-2-4-6(9)10/h1-6,9-12H,7-8,13-20H2;1-6,9-12H,7-8,13-18H2;1-8H2,(H,15,16)(H,17,18);1-6H2,(H,11,12)(H,13,14);1-4H2,(H,7,8)(H,9,10). The Labute approximate surface area is 718 Å². The molecule has 0 unspecified atom stereocenters. The lowest BCUT2D eigenvalue weighted by Gasteiger charge is -2.08. The fraction of sp³-hybridized carbons (Fsp3) is 0.439. The van der Waals surface area contributed by atoms with E-state index in [1.165, 1.54) is 0 Å². The molecule has 0 heterocycles. The number of carbonyl (C=O) groups is 22. The molecule has 0 atom stereocenters. The minimum atomic E-state index is -1.34. The second kappa shape index (κ2) is 71.9. The molecule has 6 N–H and O–H groups in total. The van der Waals surface area contributed by atoms with Gasteiger partial charge in [0.15, 0.2) is 79.3 Å². The maximum absolute atomic E-state index is 11.7. The molecular formula is C82H98O44. The Morgan fingerprint density at radius 3 is 0.429 bits per heavy atom. The molecule has 0 spiro atoms. The molecule has 0 fully saturated rings. The van der Waals surface area contributed by atoms with Crippen LogP contribution in [0.3, 0.4) is 0 Å². The van der Waals surface area contributed by atoms with Gasteiger partial charge in [0.05, 0.1) is 0 Å². The smallest absolute Gasteiger partial charge is 0.344 e. The number of carboxylic acids is 6. The maximum atomic E-state index is 11.7. The Balaban J connectivity index is 0.00000164. The summed E-state index contributed by atoms with van der Waals surface area (Å²) in [6, 6.07) is 36.2. The SMILES string of the molecule is O=C(CCCCC(=O)OCC(=O)OCC(=O)OCc1ccccc1)OCC(=O)OCC(=O)OCc1ccccc1.O=C(CCCCC(=O)OCC(=O)OCc1ccccc1)OCC(=O)OCc1ccccc1.O=C(O)CCCCC(=O)O.O=C(O)COC(=O)CCCCC(=O)OCC(=O)O.O=C(O)COC(=O)COC(=O)CCCCC(=O)OCC(=O)OCC(=O)O. The molecule has 0 saturated carbocycles. The van der Waals surface area contributed by atoms with Gasteiger partial charge in [-0.1, -0.05) is 121 Å². The normalized spacial score (nSPS) is 9.87. The van der Waals surface area contributed by atoms with Gasteiger partial charge in [0.25, 0.3) is 0 Å². The molecule has 0 aromatic heterocycles. The first-order valence-electron chi connectivity index (χ1n) is 38.1. The average molecular weight is 1790 g/mol. The Hall–Kier alpha value is -14.8. The van der Waals surface area contributed by atoms with Crippen LogP contribution in [0.25, 0.3) is 0 Å². The van der Waals surface area contributed by atoms with Gasteiger partial charge in [-0.3, -0.25) is 47.9 Å². The van der Waals surface area contributed by atoms with E-state index in [-0.39, 0.29) is 116 Å². The summed E-state index contributed by atoms with van der Waals surface area (Å²) in [5, 5.41) is 49.3. The summed E-state index contributed by atoms with van der Waals surface area (Å²) in [6.07, 6.45) is 3.19. The first-order valence-corrected chi connectivity index (χ1v) is 38.1. The second-order valence-electron chi connectivity index (χ2n) is 24.9. The van der Waals surface area contributed by atoms with Crippen molar-refractivity contribution in [1.29, 1.82) is 0 Å². The van der Waals surface area contributed by atoms with Crippen LogP contribution in [0.5, 0.6) is 0 Å². The highest BCUT2D eigenvalue weighted by atomic mass is 16.6. The Bertz CT molecular complexity index is 3810. The first kappa shape index (κ1) is 111. The van der Waals surface area contributed by atoms with Crippen LogP contribution >= 0.6 is 0 Å². The van der Waals surface area contributed by atoms with E-state index in [0.29, 0.717) is 38.5 Å². The third-order valence-electron chi connectivity index (χ3n) is 14.3. The van der Waals surface area contributed by atoms with Crippen LogP contribution in [-0.4, -0.2) is 241 Å². The van der Waals surface area contributed by atoms with Gasteiger partial charge < -0.3 is 106 Å². The molecule has 0 bridgehead atoms. The van der Waals surface area contributed by atoms with Crippen molar-refractivity contribution in [2.24, 2.45) is 0 Å². The van der Waals surface area contributed by atoms with Crippen LogP contribution in [-0.2, 0) is 208 Å². The quantitative estimate of drug-likeness (QED) is 0.0197. The topological polar surface area (TPSA) is 645 Å². The van der Waals surface area contributed by atoms with E-state index < -0.39 is 211 Å². The highest BCUT2D eigenvalue weighted by molar-refractivity contribution is 5.83. The average Bonchev–Trinajstić information content (AvgIpc) is 0.954. The number of aliphatic carboxylic acids is 6. The first-order chi connectivity index (χ1) is 60.1. The number of rotatable bonds is 57.